The van der Waals surface area contributed by atoms with Crippen molar-refractivity contribution < 1.29 is 0 Å². The molecule has 0 amide bonds. The Kier molecular flexibility index (Phi) is 4.72. The highest BCUT2D eigenvalue weighted by molar-refractivity contribution is 5.58. The van der Waals surface area contributed by atoms with Crippen LogP contribution < -0.4 is 9.80 Å². The summed E-state index contributed by atoms with van der Waals surface area (Å²) >= 11 is 0. The predicted molar refractivity (Wildman–Crippen MR) is 109 cm³/mol. The van der Waals surface area contributed by atoms with Crippen molar-refractivity contribution in [3.8, 4) is 0 Å². The first-order chi connectivity index (χ1) is 13.0. The van der Waals surface area contributed by atoms with Crippen LogP contribution in [0.25, 0.3) is 5.78 Å². The zero-order chi connectivity index (χ0) is 19.0. The van der Waals surface area contributed by atoms with Gasteiger partial charge in [0.1, 0.15) is 5.82 Å². The van der Waals surface area contributed by atoms with E-state index in [1.807, 2.05) is 22.7 Å². The Labute approximate surface area is 160 Å². The van der Waals surface area contributed by atoms with Crippen molar-refractivity contribution in [3.63, 3.8) is 0 Å². The van der Waals surface area contributed by atoms with E-state index in [9.17, 15) is 0 Å². The minimum Gasteiger partial charge on any atom is -0.367 e. The number of nitrogens with zero attached hydrogens (tertiary/aromatic N) is 6. The maximum atomic E-state index is 4.83. The van der Waals surface area contributed by atoms with Crippen LogP contribution in [0.1, 0.15) is 37.4 Å². The number of hydrogen-bond donors (Lipinski definition) is 0. The molecule has 0 fully saturated rings. The molecule has 0 bridgehead atoms. The Morgan fingerprint density at radius 1 is 1.15 bits per heavy atom. The molecule has 0 aliphatic carbocycles. The van der Waals surface area contributed by atoms with Crippen molar-refractivity contribution in [2.24, 2.45) is 5.92 Å². The number of benzene rings is 1. The van der Waals surface area contributed by atoms with Gasteiger partial charge in [0.05, 0.1) is 6.54 Å². The first kappa shape index (κ1) is 17.8. The number of anilines is 2. The lowest BCUT2D eigenvalue weighted by Crippen LogP contribution is -2.25. The van der Waals surface area contributed by atoms with Crippen LogP contribution in [0.5, 0.6) is 0 Å². The minimum absolute atomic E-state index is 0.660. The normalized spacial score (nSPS) is 13.6. The lowest BCUT2D eigenvalue weighted by atomic mass is 10.1. The number of aryl methyl sites for hydroxylation is 1. The van der Waals surface area contributed by atoms with E-state index in [4.69, 9.17) is 15.1 Å². The van der Waals surface area contributed by atoms with Gasteiger partial charge in [-0.1, -0.05) is 32.0 Å². The van der Waals surface area contributed by atoms with Crippen molar-refractivity contribution >= 4 is 17.3 Å². The summed E-state index contributed by atoms with van der Waals surface area (Å²) in [6, 6.07) is 10.3. The van der Waals surface area contributed by atoms with Crippen molar-refractivity contribution in [2.45, 2.75) is 40.2 Å². The van der Waals surface area contributed by atoms with Gasteiger partial charge in [-0.25, -0.2) is 4.98 Å². The molecule has 0 radical (unpaired) electrons. The second-order valence-corrected chi connectivity index (χ2v) is 7.85. The van der Waals surface area contributed by atoms with E-state index < -0.39 is 0 Å². The predicted octanol–water partition coefficient (Wildman–Crippen LogP) is 3.48. The standard InChI is InChI=1S/C21H28N6/c1-15(2)10-12-26-13-11-18-16(3)22-21-23-19(24-27(21)20(18)26)14-25(4)17-8-6-5-7-9-17/h5-9,15H,10-14H2,1-4H3. The summed E-state index contributed by atoms with van der Waals surface area (Å²) in [4.78, 5) is 14.1. The highest BCUT2D eigenvalue weighted by Gasteiger charge is 2.26. The Morgan fingerprint density at radius 2 is 1.93 bits per heavy atom. The summed E-state index contributed by atoms with van der Waals surface area (Å²) in [5, 5.41) is 4.83. The molecule has 3 heterocycles. The van der Waals surface area contributed by atoms with Gasteiger partial charge in [0.25, 0.3) is 5.78 Å². The molecule has 0 saturated carbocycles. The fourth-order valence-corrected chi connectivity index (χ4v) is 3.72. The number of hydrogen-bond acceptors (Lipinski definition) is 5. The van der Waals surface area contributed by atoms with Crippen molar-refractivity contribution in [3.05, 3.63) is 47.4 Å². The van der Waals surface area contributed by atoms with Gasteiger partial charge in [-0.15, -0.1) is 5.10 Å². The average Bonchev–Trinajstić information content (AvgIpc) is 3.24. The Morgan fingerprint density at radius 3 is 2.67 bits per heavy atom. The molecule has 0 saturated heterocycles. The Hall–Kier alpha value is -2.63. The topological polar surface area (TPSA) is 49.6 Å². The van der Waals surface area contributed by atoms with Gasteiger partial charge in [0.2, 0.25) is 0 Å². The fraction of sp³-hybridized carbons (Fsp3) is 0.476. The smallest absolute Gasteiger partial charge is 0.254 e. The fourth-order valence-electron chi connectivity index (χ4n) is 3.72. The summed E-state index contributed by atoms with van der Waals surface area (Å²) in [6.45, 7) is 9.41. The van der Waals surface area contributed by atoms with E-state index >= 15 is 0 Å². The molecule has 27 heavy (non-hydrogen) atoms. The van der Waals surface area contributed by atoms with Crippen LogP contribution in [0.4, 0.5) is 11.5 Å². The monoisotopic (exact) mass is 364 g/mol. The zero-order valence-corrected chi connectivity index (χ0v) is 16.7. The van der Waals surface area contributed by atoms with Gasteiger partial charge >= 0.3 is 0 Å². The molecule has 1 aliphatic heterocycles. The molecular weight excluding hydrogens is 336 g/mol. The Bertz CT molecular complexity index is 931. The third-order valence-electron chi connectivity index (χ3n) is 5.29. The zero-order valence-electron chi connectivity index (χ0n) is 16.7. The first-order valence-corrected chi connectivity index (χ1v) is 9.79. The molecule has 2 aromatic heterocycles. The van der Waals surface area contributed by atoms with E-state index in [0.29, 0.717) is 18.2 Å². The number of rotatable bonds is 6. The minimum atomic E-state index is 0.660. The van der Waals surface area contributed by atoms with Gasteiger partial charge in [-0.05, 0) is 37.8 Å². The first-order valence-electron chi connectivity index (χ1n) is 9.79. The van der Waals surface area contributed by atoms with E-state index in [1.54, 1.807) is 0 Å². The lowest BCUT2D eigenvalue weighted by molar-refractivity contribution is 0.574. The van der Waals surface area contributed by atoms with Crippen LogP contribution in [0, 0.1) is 12.8 Å². The lowest BCUT2D eigenvalue weighted by Gasteiger charge is -2.20. The maximum absolute atomic E-state index is 4.83. The molecule has 4 rings (SSSR count). The van der Waals surface area contributed by atoms with Crippen LogP contribution in [0.15, 0.2) is 30.3 Å². The van der Waals surface area contributed by atoms with Crippen LogP contribution in [0.2, 0.25) is 0 Å². The SMILES string of the molecule is Cc1nc2nc(CN(C)c3ccccc3)nn2c2c1CCN2CCC(C)C. The summed E-state index contributed by atoms with van der Waals surface area (Å²) in [5.41, 5.74) is 3.56. The molecular formula is C21H28N6. The van der Waals surface area contributed by atoms with Gasteiger partial charge in [0.15, 0.2) is 5.82 Å². The summed E-state index contributed by atoms with van der Waals surface area (Å²) in [6.07, 6.45) is 2.22. The molecule has 6 nitrogen and oxygen atoms in total. The van der Waals surface area contributed by atoms with Gasteiger partial charge in [-0.3, -0.25) is 0 Å². The summed E-state index contributed by atoms with van der Waals surface area (Å²) in [5.74, 6) is 3.40. The highest BCUT2D eigenvalue weighted by atomic mass is 15.4. The van der Waals surface area contributed by atoms with Gasteiger partial charge in [-0.2, -0.15) is 9.50 Å². The van der Waals surface area contributed by atoms with Crippen LogP contribution >= 0.6 is 0 Å². The van der Waals surface area contributed by atoms with Crippen LogP contribution in [-0.2, 0) is 13.0 Å². The Balaban J connectivity index is 1.65. The van der Waals surface area contributed by atoms with Crippen molar-refractivity contribution in [1.82, 2.24) is 19.6 Å². The molecule has 1 aliphatic rings. The molecule has 0 unspecified atom stereocenters. The van der Waals surface area contributed by atoms with E-state index in [1.165, 1.54) is 17.8 Å². The van der Waals surface area contributed by atoms with Crippen LogP contribution in [-0.4, -0.2) is 39.7 Å². The van der Waals surface area contributed by atoms with Gasteiger partial charge in [0, 0.05) is 37.1 Å². The molecule has 142 valence electrons. The molecule has 6 heteroatoms. The second kappa shape index (κ2) is 7.18. The molecule has 0 N–H and O–H groups in total. The molecule has 3 aromatic rings. The number of aromatic nitrogens is 4. The second-order valence-electron chi connectivity index (χ2n) is 7.85. The number of fused-ring (bicyclic) bond motifs is 3. The summed E-state index contributed by atoms with van der Waals surface area (Å²) < 4.78 is 1.96. The molecule has 0 atom stereocenters. The van der Waals surface area contributed by atoms with Crippen molar-refractivity contribution in [1.29, 1.82) is 0 Å². The largest absolute Gasteiger partial charge is 0.367 e. The molecule has 0 spiro atoms. The third-order valence-corrected chi connectivity index (χ3v) is 5.29. The van der Waals surface area contributed by atoms with E-state index in [0.717, 1.165) is 36.7 Å². The quantitative estimate of drug-likeness (QED) is 0.670. The summed E-state index contributed by atoms with van der Waals surface area (Å²) in [7, 11) is 2.07. The maximum Gasteiger partial charge on any atom is 0.254 e. The molecule has 1 aromatic carbocycles. The number of para-hydroxylation sites is 1. The van der Waals surface area contributed by atoms with Gasteiger partial charge < -0.3 is 9.80 Å². The van der Waals surface area contributed by atoms with E-state index in [-0.39, 0.29) is 0 Å². The highest BCUT2D eigenvalue weighted by Crippen LogP contribution is 2.30. The van der Waals surface area contributed by atoms with Crippen LogP contribution in [0.3, 0.4) is 0 Å². The van der Waals surface area contributed by atoms with E-state index in [2.05, 4.69) is 49.8 Å². The third kappa shape index (κ3) is 3.48. The average molecular weight is 364 g/mol. The van der Waals surface area contributed by atoms with Crippen molar-refractivity contribution in [2.75, 3.05) is 29.9 Å².